The van der Waals surface area contributed by atoms with Crippen LogP contribution in [0.5, 0.6) is 0 Å². The zero-order valence-corrected chi connectivity index (χ0v) is 12.1. The minimum absolute atomic E-state index is 0.0372. The second-order valence-electron chi connectivity index (χ2n) is 4.65. The van der Waals surface area contributed by atoms with Gasteiger partial charge in [0.05, 0.1) is 11.5 Å². The fraction of sp³-hybridized carbons (Fsp3) is 0.267. The summed E-state index contributed by atoms with van der Waals surface area (Å²) in [5.41, 5.74) is 3.75. The van der Waals surface area contributed by atoms with Crippen LogP contribution < -0.4 is 0 Å². The fourth-order valence-corrected chi connectivity index (χ4v) is 2.34. The number of ether oxygens (including phenoxy) is 1. The number of rotatable bonds is 4. The number of nitro benzene ring substituents is 1. The number of aromatic nitrogens is 1. The van der Waals surface area contributed by atoms with Gasteiger partial charge in [0.15, 0.2) is 0 Å². The number of aryl methyl sites for hydroxylation is 1. The largest absolute Gasteiger partial charge is 0.461 e. The van der Waals surface area contributed by atoms with Crippen molar-refractivity contribution in [2.24, 2.45) is 0 Å². The predicted molar refractivity (Wildman–Crippen MR) is 78.3 cm³/mol. The second kappa shape index (κ2) is 5.78. The maximum Gasteiger partial charge on any atom is 0.355 e. The van der Waals surface area contributed by atoms with Crippen LogP contribution in [0.25, 0.3) is 11.1 Å². The first-order valence-electron chi connectivity index (χ1n) is 6.56. The highest BCUT2D eigenvalue weighted by Gasteiger charge is 2.19. The smallest absolute Gasteiger partial charge is 0.355 e. The molecule has 2 aromatic rings. The summed E-state index contributed by atoms with van der Waals surface area (Å²) in [6, 6.07) is 6.25. The van der Waals surface area contributed by atoms with E-state index in [-0.39, 0.29) is 5.69 Å². The lowest BCUT2D eigenvalue weighted by atomic mass is 10.0. The van der Waals surface area contributed by atoms with Gasteiger partial charge in [-0.25, -0.2) is 4.79 Å². The summed E-state index contributed by atoms with van der Waals surface area (Å²) in [5, 5.41) is 10.7. The van der Waals surface area contributed by atoms with Crippen LogP contribution in [-0.2, 0) is 4.74 Å². The number of carbonyl (C=O) groups excluding carboxylic acids is 1. The molecule has 0 aliphatic carbocycles. The van der Waals surface area contributed by atoms with Crippen molar-refractivity contribution in [1.82, 2.24) is 4.98 Å². The van der Waals surface area contributed by atoms with Gasteiger partial charge in [0.2, 0.25) is 0 Å². The molecule has 2 rings (SSSR count). The summed E-state index contributed by atoms with van der Waals surface area (Å²) in [7, 11) is 0. The van der Waals surface area contributed by atoms with Gasteiger partial charge in [0, 0.05) is 23.4 Å². The molecule has 1 aromatic carbocycles. The molecule has 0 saturated heterocycles. The highest BCUT2D eigenvalue weighted by atomic mass is 16.6. The Morgan fingerprint density at radius 3 is 2.43 bits per heavy atom. The number of hydrogen-bond donors (Lipinski definition) is 1. The van der Waals surface area contributed by atoms with Gasteiger partial charge in [-0.3, -0.25) is 10.1 Å². The second-order valence-corrected chi connectivity index (χ2v) is 4.65. The first kappa shape index (κ1) is 14.8. The molecule has 0 saturated carbocycles. The van der Waals surface area contributed by atoms with Crippen LogP contribution in [0.4, 0.5) is 5.69 Å². The van der Waals surface area contributed by atoms with E-state index in [2.05, 4.69) is 4.98 Å². The molecule has 1 N–H and O–H groups in total. The van der Waals surface area contributed by atoms with Crippen molar-refractivity contribution in [2.45, 2.75) is 20.8 Å². The topological polar surface area (TPSA) is 85.2 Å². The lowest BCUT2D eigenvalue weighted by Crippen LogP contribution is -2.06. The molecule has 0 radical (unpaired) electrons. The van der Waals surface area contributed by atoms with E-state index in [4.69, 9.17) is 4.74 Å². The van der Waals surface area contributed by atoms with Crippen molar-refractivity contribution >= 4 is 11.7 Å². The van der Waals surface area contributed by atoms with Crippen molar-refractivity contribution < 1.29 is 14.5 Å². The maximum atomic E-state index is 11.9. The van der Waals surface area contributed by atoms with Crippen LogP contribution in [0.3, 0.4) is 0 Å². The first-order valence-corrected chi connectivity index (χ1v) is 6.56. The molecule has 0 aliphatic heterocycles. The Kier molecular flexibility index (Phi) is 4.07. The molecule has 0 unspecified atom stereocenters. The standard InChI is InChI=1S/C15H16N2O4/c1-4-21-15(18)14-9(2)13(10(3)16-14)11-5-7-12(8-6-11)17(19)20/h5-8,16H,4H2,1-3H3. The highest BCUT2D eigenvalue weighted by Crippen LogP contribution is 2.31. The highest BCUT2D eigenvalue weighted by molar-refractivity contribution is 5.92. The minimum Gasteiger partial charge on any atom is -0.461 e. The number of benzene rings is 1. The van der Waals surface area contributed by atoms with Gasteiger partial charge in [-0.2, -0.15) is 0 Å². The number of nitrogens with zero attached hydrogens (tertiary/aromatic N) is 1. The Hall–Kier alpha value is -2.63. The predicted octanol–water partition coefficient (Wildman–Crippen LogP) is 3.38. The summed E-state index contributed by atoms with van der Waals surface area (Å²) in [4.78, 5) is 25.1. The molecule has 1 heterocycles. The van der Waals surface area contributed by atoms with Crippen LogP contribution >= 0.6 is 0 Å². The van der Waals surface area contributed by atoms with E-state index in [1.54, 1.807) is 19.1 Å². The van der Waals surface area contributed by atoms with Crippen molar-refractivity contribution in [2.75, 3.05) is 6.61 Å². The first-order chi connectivity index (χ1) is 9.95. The third-order valence-electron chi connectivity index (χ3n) is 3.28. The summed E-state index contributed by atoms with van der Waals surface area (Å²) in [5.74, 6) is -0.397. The molecule has 0 atom stereocenters. The average molecular weight is 288 g/mol. The maximum absolute atomic E-state index is 11.9. The monoisotopic (exact) mass is 288 g/mol. The normalized spacial score (nSPS) is 10.4. The van der Waals surface area contributed by atoms with Crippen molar-refractivity contribution in [3.05, 3.63) is 51.3 Å². The third kappa shape index (κ3) is 2.79. The van der Waals surface area contributed by atoms with E-state index in [9.17, 15) is 14.9 Å². The van der Waals surface area contributed by atoms with Crippen molar-refractivity contribution in [3.8, 4) is 11.1 Å². The molecular weight excluding hydrogens is 272 g/mol. The summed E-state index contributed by atoms with van der Waals surface area (Å²) >= 11 is 0. The van der Waals surface area contributed by atoms with Gasteiger partial charge >= 0.3 is 5.97 Å². The quantitative estimate of drug-likeness (QED) is 0.531. The number of carbonyl (C=O) groups is 1. The molecule has 6 nitrogen and oxygen atoms in total. The molecule has 0 fully saturated rings. The summed E-state index contributed by atoms with van der Waals surface area (Å²) in [6.45, 7) is 5.74. The van der Waals surface area contributed by atoms with Crippen LogP contribution in [0.1, 0.15) is 28.7 Å². The molecular formula is C15H16N2O4. The Bertz CT molecular complexity index is 686. The fourth-order valence-electron chi connectivity index (χ4n) is 2.34. The van der Waals surface area contributed by atoms with Gasteiger partial charge in [-0.15, -0.1) is 0 Å². The third-order valence-corrected chi connectivity index (χ3v) is 3.28. The zero-order chi connectivity index (χ0) is 15.6. The average Bonchev–Trinajstić information content (AvgIpc) is 2.74. The Morgan fingerprint density at radius 1 is 1.29 bits per heavy atom. The molecule has 21 heavy (non-hydrogen) atoms. The van der Waals surface area contributed by atoms with Gasteiger partial charge in [0.25, 0.3) is 5.69 Å². The Labute approximate surface area is 121 Å². The van der Waals surface area contributed by atoms with E-state index < -0.39 is 10.9 Å². The van der Waals surface area contributed by atoms with Crippen LogP contribution in [0.2, 0.25) is 0 Å². The molecule has 0 bridgehead atoms. The number of H-pyrrole nitrogens is 1. The van der Waals surface area contributed by atoms with Crippen LogP contribution in [-0.4, -0.2) is 22.5 Å². The molecule has 0 aliphatic rings. The number of esters is 1. The van der Waals surface area contributed by atoms with Gasteiger partial charge < -0.3 is 9.72 Å². The van der Waals surface area contributed by atoms with E-state index >= 15 is 0 Å². The van der Waals surface area contributed by atoms with Crippen LogP contribution in [0, 0.1) is 24.0 Å². The molecule has 1 aromatic heterocycles. The molecule has 0 spiro atoms. The number of non-ortho nitro benzene ring substituents is 1. The van der Waals surface area contributed by atoms with Gasteiger partial charge in [-0.05, 0) is 44.0 Å². The minimum atomic E-state index is -0.440. The SMILES string of the molecule is CCOC(=O)c1[nH]c(C)c(-c2ccc([N+](=O)[O-])cc2)c1C. The molecule has 6 heteroatoms. The zero-order valence-electron chi connectivity index (χ0n) is 12.1. The van der Waals surface area contributed by atoms with Crippen molar-refractivity contribution in [3.63, 3.8) is 0 Å². The van der Waals surface area contributed by atoms with E-state index in [0.29, 0.717) is 12.3 Å². The number of nitro groups is 1. The van der Waals surface area contributed by atoms with E-state index in [0.717, 1.165) is 22.4 Å². The van der Waals surface area contributed by atoms with Gasteiger partial charge in [-0.1, -0.05) is 0 Å². The Balaban J connectivity index is 2.44. The molecule has 0 amide bonds. The summed E-state index contributed by atoms with van der Waals surface area (Å²) < 4.78 is 5.00. The van der Waals surface area contributed by atoms with Crippen LogP contribution in [0.15, 0.2) is 24.3 Å². The lowest BCUT2D eigenvalue weighted by molar-refractivity contribution is -0.384. The van der Waals surface area contributed by atoms with E-state index in [1.807, 2.05) is 13.8 Å². The van der Waals surface area contributed by atoms with Crippen molar-refractivity contribution in [1.29, 1.82) is 0 Å². The Morgan fingerprint density at radius 2 is 1.90 bits per heavy atom. The summed E-state index contributed by atoms with van der Waals surface area (Å²) in [6.07, 6.45) is 0. The van der Waals surface area contributed by atoms with E-state index in [1.165, 1.54) is 12.1 Å². The number of hydrogen-bond acceptors (Lipinski definition) is 4. The number of aromatic amines is 1. The number of nitrogens with one attached hydrogen (secondary N) is 1. The van der Waals surface area contributed by atoms with Gasteiger partial charge in [0.1, 0.15) is 5.69 Å². The molecule has 110 valence electrons. The lowest BCUT2D eigenvalue weighted by Gasteiger charge is -2.03.